The first-order valence-electron chi connectivity index (χ1n) is 6.25. The van der Waals surface area contributed by atoms with E-state index in [9.17, 15) is 4.79 Å². The Labute approximate surface area is 122 Å². The third-order valence-corrected chi connectivity index (χ3v) is 3.85. The number of hydrogen-bond acceptors (Lipinski definition) is 2. The number of aliphatic hydroxyl groups excluding tert-OH is 1. The molecule has 1 saturated carbocycles. The maximum atomic E-state index is 12.2. The van der Waals surface area contributed by atoms with Crippen molar-refractivity contribution in [3.8, 4) is 0 Å². The fourth-order valence-corrected chi connectivity index (χ4v) is 2.37. The summed E-state index contributed by atoms with van der Waals surface area (Å²) in [5, 5.41) is 12.7. The Morgan fingerprint density at radius 2 is 2.16 bits per heavy atom. The van der Waals surface area contributed by atoms with Crippen LogP contribution in [0.15, 0.2) is 18.2 Å². The third-order valence-electron chi connectivity index (χ3n) is 3.29. The average molecular weight is 303 g/mol. The van der Waals surface area contributed by atoms with Gasteiger partial charge in [0.1, 0.15) is 0 Å². The van der Waals surface area contributed by atoms with Crippen LogP contribution in [0.1, 0.15) is 19.3 Å². The Balaban J connectivity index is 2.07. The largest absolute Gasteiger partial charge is 0.395 e. The van der Waals surface area contributed by atoms with Gasteiger partial charge in [0.15, 0.2) is 0 Å². The summed E-state index contributed by atoms with van der Waals surface area (Å²) in [6.45, 7) is 0.280. The molecule has 6 heteroatoms. The molecule has 104 valence electrons. The minimum absolute atomic E-state index is 0.0484. The van der Waals surface area contributed by atoms with Crippen LogP contribution in [0.3, 0.4) is 0 Å². The van der Waals surface area contributed by atoms with E-state index >= 15 is 0 Å². The zero-order chi connectivity index (χ0) is 13.8. The lowest BCUT2D eigenvalue weighted by atomic mass is 9.92. The molecule has 1 fully saturated rings. The van der Waals surface area contributed by atoms with Crippen LogP contribution in [0.2, 0.25) is 10.0 Å². The number of aliphatic hydroxyl groups is 1. The van der Waals surface area contributed by atoms with Gasteiger partial charge in [-0.25, -0.2) is 4.79 Å². The first-order chi connectivity index (χ1) is 9.11. The molecule has 0 heterocycles. The molecule has 0 spiro atoms. The Bertz CT molecular complexity index is 464. The standard InChI is InChI=1S/C13H16Cl2N2O2/c14-9-4-5-11(15)12(8-9)16-13(19)17(6-7-18)10-2-1-3-10/h4-5,8,10,18H,1-3,6-7H2,(H,16,19). The van der Waals surface area contributed by atoms with Crippen molar-refractivity contribution >= 4 is 34.9 Å². The first kappa shape index (κ1) is 14.4. The molecule has 0 saturated heterocycles. The average Bonchev–Trinajstić information content (AvgIpc) is 2.31. The molecule has 0 aromatic heterocycles. The molecule has 1 aliphatic rings. The molecular weight excluding hydrogens is 287 g/mol. The van der Waals surface area contributed by atoms with Gasteiger partial charge < -0.3 is 15.3 Å². The zero-order valence-corrected chi connectivity index (χ0v) is 11.9. The lowest BCUT2D eigenvalue weighted by molar-refractivity contribution is 0.127. The first-order valence-corrected chi connectivity index (χ1v) is 7.01. The highest BCUT2D eigenvalue weighted by atomic mass is 35.5. The highest BCUT2D eigenvalue weighted by molar-refractivity contribution is 6.35. The normalized spacial score (nSPS) is 14.9. The second-order valence-electron chi connectivity index (χ2n) is 4.56. The van der Waals surface area contributed by atoms with Crippen LogP contribution < -0.4 is 5.32 Å². The molecule has 1 aromatic carbocycles. The summed E-state index contributed by atoms with van der Waals surface area (Å²) in [6, 6.07) is 4.88. The lowest BCUT2D eigenvalue weighted by Gasteiger charge is -2.37. The van der Waals surface area contributed by atoms with Crippen LogP contribution in [-0.4, -0.2) is 35.2 Å². The maximum absolute atomic E-state index is 12.2. The van der Waals surface area contributed by atoms with Crippen molar-refractivity contribution < 1.29 is 9.90 Å². The smallest absolute Gasteiger partial charge is 0.322 e. The van der Waals surface area contributed by atoms with E-state index in [2.05, 4.69) is 5.32 Å². The van der Waals surface area contributed by atoms with Gasteiger partial charge in [0.25, 0.3) is 0 Å². The van der Waals surface area contributed by atoms with E-state index in [1.165, 1.54) is 0 Å². The minimum atomic E-state index is -0.247. The molecule has 1 aromatic rings. The van der Waals surface area contributed by atoms with E-state index in [1.807, 2.05) is 0 Å². The Kier molecular flexibility index (Phi) is 4.91. The summed E-state index contributed by atoms with van der Waals surface area (Å²) in [7, 11) is 0. The summed E-state index contributed by atoms with van der Waals surface area (Å²) in [5.74, 6) is 0. The number of nitrogens with zero attached hydrogens (tertiary/aromatic N) is 1. The second kappa shape index (κ2) is 6.46. The summed E-state index contributed by atoms with van der Waals surface area (Å²) in [4.78, 5) is 13.9. The number of hydrogen-bond donors (Lipinski definition) is 2. The number of rotatable bonds is 4. The number of benzene rings is 1. The monoisotopic (exact) mass is 302 g/mol. The van der Waals surface area contributed by atoms with Crippen molar-refractivity contribution in [2.45, 2.75) is 25.3 Å². The van der Waals surface area contributed by atoms with E-state index in [1.54, 1.807) is 23.1 Å². The topological polar surface area (TPSA) is 52.6 Å². The highest BCUT2D eigenvalue weighted by Crippen LogP contribution is 2.28. The lowest BCUT2D eigenvalue weighted by Crippen LogP contribution is -2.47. The Morgan fingerprint density at radius 1 is 1.42 bits per heavy atom. The van der Waals surface area contributed by atoms with Crippen molar-refractivity contribution in [2.24, 2.45) is 0 Å². The maximum Gasteiger partial charge on any atom is 0.322 e. The van der Waals surface area contributed by atoms with Gasteiger partial charge in [-0.3, -0.25) is 0 Å². The van der Waals surface area contributed by atoms with Gasteiger partial charge in [0, 0.05) is 17.6 Å². The predicted molar refractivity (Wildman–Crippen MR) is 76.9 cm³/mol. The van der Waals surface area contributed by atoms with Gasteiger partial charge in [0.2, 0.25) is 0 Å². The molecule has 1 aliphatic carbocycles. The van der Waals surface area contributed by atoms with Crippen LogP contribution in [0.5, 0.6) is 0 Å². The van der Waals surface area contributed by atoms with E-state index in [-0.39, 0.29) is 18.7 Å². The van der Waals surface area contributed by atoms with Crippen molar-refractivity contribution in [1.29, 1.82) is 0 Å². The van der Waals surface area contributed by atoms with E-state index in [0.29, 0.717) is 22.3 Å². The van der Waals surface area contributed by atoms with Crippen LogP contribution in [0.4, 0.5) is 10.5 Å². The SMILES string of the molecule is O=C(Nc1cc(Cl)ccc1Cl)N(CCO)C1CCC1. The summed E-state index contributed by atoms with van der Waals surface area (Å²) < 4.78 is 0. The molecule has 0 aliphatic heterocycles. The number of halogens is 2. The molecular formula is C13H16Cl2N2O2. The van der Waals surface area contributed by atoms with Crippen molar-refractivity contribution in [1.82, 2.24) is 4.90 Å². The number of carbonyl (C=O) groups excluding carboxylic acids is 1. The van der Waals surface area contributed by atoms with Gasteiger partial charge in [-0.15, -0.1) is 0 Å². The van der Waals surface area contributed by atoms with Crippen molar-refractivity contribution in [3.63, 3.8) is 0 Å². The molecule has 2 amide bonds. The number of amides is 2. The second-order valence-corrected chi connectivity index (χ2v) is 5.40. The van der Waals surface area contributed by atoms with E-state index in [4.69, 9.17) is 28.3 Å². The van der Waals surface area contributed by atoms with Gasteiger partial charge in [-0.1, -0.05) is 23.2 Å². The van der Waals surface area contributed by atoms with Crippen molar-refractivity contribution in [2.75, 3.05) is 18.5 Å². The Hall–Kier alpha value is -0.970. The highest BCUT2D eigenvalue weighted by Gasteiger charge is 2.28. The fourth-order valence-electron chi connectivity index (χ4n) is 2.04. The van der Waals surface area contributed by atoms with Crippen LogP contribution in [-0.2, 0) is 0 Å². The van der Waals surface area contributed by atoms with Gasteiger partial charge in [0.05, 0.1) is 17.3 Å². The molecule has 2 N–H and O–H groups in total. The summed E-state index contributed by atoms with van der Waals surface area (Å²) in [5.41, 5.74) is 0.487. The molecule has 4 nitrogen and oxygen atoms in total. The molecule has 0 radical (unpaired) electrons. The van der Waals surface area contributed by atoms with Gasteiger partial charge in [-0.2, -0.15) is 0 Å². The molecule has 19 heavy (non-hydrogen) atoms. The van der Waals surface area contributed by atoms with E-state index < -0.39 is 0 Å². The number of anilines is 1. The minimum Gasteiger partial charge on any atom is -0.395 e. The fraction of sp³-hybridized carbons (Fsp3) is 0.462. The number of nitrogens with one attached hydrogen (secondary N) is 1. The predicted octanol–water partition coefficient (Wildman–Crippen LogP) is 3.37. The molecule has 0 unspecified atom stereocenters. The third kappa shape index (κ3) is 3.53. The van der Waals surface area contributed by atoms with Crippen LogP contribution >= 0.6 is 23.2 Å². The zero-order valence-electron chi connectivity index (χ0n) is 10.4. The van der Waals surface area contributed by atoms with Gasteiger partial charge >= 0.3 is 6.03 Å². The van der Waals surface area contributed by atoms with Crippen LogP contribution in [0.25, 0.3) is 0 Å². The number of urea groups is 1. The molecule has 0 bridgehead atoms. The number of carbonyl (C=O) groups is 1. The quantitative estimate of drug-likeness (QED) is 0.896. The van der Waals surface area contributed by atoms with Gasteiger partial charge in [-0.05, 0) is 37.5 Å². The Morgan fingerprint density at radius 3 is 2.74 bits per heavy atom. The molecule has 2 rings (SSSR count). The molecule has 0 atom stereocenters. The van der Waals surface area contributed by atoms with Crippen molar-refractivity contribution in [3.05, 3.63) is 28.2 Å². The summed E-state index contributed by atoms with van der Waals surface area (Å²) in [6.07, 6.45) is 3.09. The van der Waals surface area contributed by atoms with E-state index in [0.717, 1.165) is 19.3 Å². The summed E-state index contributed by atoms with van der Waals surface area (Å²) >= 11 is 11.9. The van der Waals surface area contributed by atoms with Crippen LogP contribution in [0, 0.1) is 0 Å².